The van der Waals surface area contributed by atoms with Crippen LogP contribution in [0.4, 0.5) is 0 Å². The van der Waals surface area contributed by atoms with Gasteiger partial charge in [-0.3, -0.25) is 10.4 Å². The van der Waals surface area contributed by atoms with Crippen molar-refractivity contribution in [3.8, 4) is 0 Å². The van der Waals surface area contributed by atoms with Crippen LogP contribution in [-0.2, 0) is 4.57 Å². The van der Waals surface area contributed by atoms with Gasteiger partial charge in [0.05, 0.1) is 0 Å². The number of benzene rings is 2. The van der Waals surface area contributed by atoms with Gasteiger partial charge >= 0.3 is 0 Å². The third-order valence-corrected chi connectivity index (χ3v) is 6.18. The molecule has 0 unspecified atom stereocenters. The van der Waals surface area contributed by atoms with Crippen LogP contribution in [0.15, 0.2) is 60.7 Å². The average Bonchev–Trinajstić information content (AvgIpc) is 2.47. The lowest BCUT2D eigenvalue weighted by molar-refractivity contribution is 0.374. The fraction of sp³-hybridized carbons (Fsp3) is 0.200. The Morgan fingerprint density at radius 2 is 1.26 bits per heavy atom. The first kappa shape index (κ1) is 14.0. The zero-order valence-corrected chi connectivity index (χ0v) is 12.1. The highest BCUT2D eigenvalue weighted by Gasteiger charge is 2.34. The van der Waals surface area contributed by atoms with Crippen molar-refractivity contribution in [3.05, 3.63) is 60.7 Å². The van der Waals surface area contributed by atoms with E-state index in [1.807, 2.05) is 74.5 Å². The van der Waals surface area contributed by atoms with Gasteiger partial charge in [0.1, 0.15) is 0 Å². The van der Waals surface area contributed by atoms with Crippen molar-refractivity contribution in [2.24, 2.45) is 5.84 Å². The van der Waals surface area contributed by atoms with Crippen LogP contribution in [-0.4, -0.2) is 10.8 Å². The second-order valence-corrected chi connectivity index (χ2v) is 7.37. The maximum absolute atomic E-state index is 13.6. The van der Waals surface area contributed by atoms with Gasteiger partial charge < -0.3 is 0 Å². The van der Waals surface area contributed by atoms with Crippen LogP contribution in [0.2, 0.25) is 0 Å². The molecule has 0 saturated heterocycles. The smallest absolute Gasteiger partial charge is 0.220 e. The fourth-order valence-electron chi connectivity index (χ4n) is 2.00. The fourth-order valence-corrected chi connectivity index (χ4v) is 4.64. The predicted octanol–water partition coefficient (Wildman–Crippen LogP) is 2.50. The largest absolute Gasteiger partial charge is 0.295 e. The minimum absolute atomic E-state index is 0.00811. The number of hydrogen-bond donors (Lipinski definition) is 1. The lowest BCUT2D eigenvalue weighted by Crippen LogP contribution is -2.41. The Morgan fingerprint density at radius 3 is 1.58 bits per heavy atom. The van der Waals surface area contributed by atoms with Gasteiger partial charge in [-0.15, -0.1) is 0 Å². The van der Waals surface area contributed by atoms with Crippen molar-refractivity contribution in [1.82, 2.24) is 4.78 Å². The summed E-state index contributed by atoms with van der Waals surface area (Å²) in [5.74, 6) is 6.13. The van der Waals surface area contributed by atoms with Crippen molar-refractivity contribution in [2.45, 2.75) is 19.9 Å². The monoisotopic (exact) mass is 274 g/mol. The topological polar surface area (TPSA) is 46.3 Å². The molecule has 100 valence electrons. The molecule has 2 rings (SSSR count). The first-order chi connectivity index (χ1) is 9.06. The van der Waals surface area contributed by atoms with E-state index in [9.17, 15) is 4.57 Å². The molecule has 0 bridgehead atoms. The molecule has 0 fully saturated rings. The minimum Gasteiger partial charge on any atom is -0.295 e. The Labute approximate surface area is 114 Å². The van der Waals surface area contributed by atoms with Gasteiger partial charge in [-0.25, -0.2) is 0 Å². The summed E-state index contributed by atoms with van der Waals surface area (Å²) in [7, 11) is -2.96. The first-order valence-electron chi connectivity index (χ1n) is 6.32. The Morgan fingerprint density at radius 1 is 0.895 bits per heavy atom. The van der Waals surface area contributed by atoms with Gasteiger partial charge in [-0.2, -0.15) is 4.78 Å². The van der Waals surface area contributed by atoms with Crippen molar-refractivity contribution in [1.29, 1.82) is 0 Å². The van der Waals surface area contributed by atoms with E-state index in [2.05, 4.69) is 0 Å². The van der Waals surface area contributed by atoms with Gasteiger partial charge in [0.25, 0.3) is 0 Å². The van der Waals surface area contributed by atoms with E-state index in [-0.39, 0.29) is 6.04 Å². The highest BCUT2D eigenvalue weighted by Crippen LogP contribution is 2.46. The molecule has 0 aliphatic carbocycles. The molecule has 0 radical (unpaired) electrons. The molecule has 4 heteroatoms. The summed E-state index contributed by atoms with van der Waals surface area (Å²) in [4.78, 5) is 0. The van der Waals surface area contributed by atoms with Crippen molar-refractivity contribution in [2.75, 3.05) is 0 Å². The van der Waals surface area contributed by atoms with Gasteiger partial charge in [0, 0.05) is 16.7 Å². The number of nitrogens with two attached hydrogens (primary N) is 1. The van der Waals surface area contributed by atoms with Crippen molar-refractivity contribution >= 4 is 17.9 Å². The van der Waals surface area contributed by atoms with Crippen LogP contribution in [0.5, 0.6) is 0 Å². The second kappa shape index (κ2) is 5.70. The minimum atomic E-state index is -2.96. The number of rotatable bonds is 4. The molecule has 2 N–H and O–H groups in total. The highest BCUT2D eigenvalue weighted by atomic mass is 31.2. The molecule has 0 aromatic heterocycles. The highest BCUT2D eigenvalue weighted by molar-refractivity contribution is 7.76. The Bertz CT molecular complexity index is 526. The van der Waals surface area contributed by atoms with E-state index < -0.39 is 7.29 Å². The predicted molar refractivity (Wildman–Crippen MR) is 80.9 cm³/mol. The third kappa shape index (κ3) is 2.64. The first-order valence-corrected chi connectivity index (χ1v) is 7.98. The van der Waals surface area contributed by atoms with E-state index in [0.717, 1.165) is 10.6 Å². The van der Waals surface area contributed by atoms with Crippen molar-refractivity contribution < 1.29 is 4.57 Å². The van der Waals surface area contributed by atoms with Gasteiger partial charge in [0.15, 0.2) is 0 Å². The molecule has 0 saturated carbocycles. The Hall–Kier alpha value is -1.41. The molecule has 0 heterocycles. The van der Waals surface area contributed by atoms with E-state index in [1.54, 1.807) is 0 Å². The van der Waals surface area contributed by atoms with Crippen LogP contribution < -0.4 is 16.5 Å². The van der Waals surface area contributed by atoms with E-state index in [1.165, 1.54) is 4.78 Å². The maximum Gasteiger partial charge on any atom is 0.220 e. The van der Waals surface area contributed by atoms with Crippen LogP contribution >= 0.6 is 7.29 Å². The summed E-state index contributed by atoms with van der Waals surface area (Å²) >= 11 is 0. The van der Waals surface area contributed by atoms with Crippen LogP contribution in [0, 0.1) is 0 Å². The van der Waals surface area contributed by atoms with Crippen LogP contribution in [0.3, 0.4) is 0 Å². The summed E-state index contributed by atoms with van der Waals surface area (Å²) in [6.45, 7) is 3.89. The molecule has 2 aromatic rings. The Balaban J connectivity index is 2.61. The summed E-state index contributed by atoms with van der Waals surface area (Å²) in [6, 6.07) is 18.9. The van der Waals surface area contributed by atoms with Gasteiger partial charge in [-0.05, 0) is 38.1 Å². The summed E-state index contributed by atoms with van der Waals surface area (Å²) in [6.07, 6.45) is 0. The summed E-state index contributed by atoms with van der Waals surface area (Å²) in [5.41, 5.74) is 0. The van der Waals surface area contributed by atoms with Crippen LogP contribution in [0.1, 0.15) is 13.8 Å². The van der Waals surface area contributed by atoms with Crippen LogP contribution in [0.25, 0.3) is 0 Å². The lowest BCUT2D eigenvalue weighted by atomic mass is 10.4. The van der Waals surface area contributed by atoms with E-state index in [4.69, 9.17) is 5.84 Å². The SMILES string of the molecule is CC(C)N(N)P(=O)(c1ccccc1)c1ccccc1. The summed E-state index contributed by atoms with van der Waals surface area (Å²) in [5, 5.41) is 1.52. The number of hydrogen-bond acceptors (Lipinski definition) is 2. The molecule has 2 aromatic carbocycles. The second-order valence-electron chi connectivity index (χ2n) is 4.72. The van der Waals surface area contributed by atoms with Crippen molar-refractivity contribution in [3.63, 3.8) is 0 Å². The quantitative estimate of drug-likeness (QED) is 0.529. The molecule has 0 aliphatic heterocycles. The normalized spacial score (nSPS) is 12.1. The Kier molecular flexibility index (Phi) is 4.20. The lowest BCUT2D eigenvalue weighted by Gasteiger charge is -2.31. The van der Waals surface area contributed by atoms with Gasteiger partial charge in [-0.1, -0.05) is 36.4 Å². The zero-order valence-electron chi connectivity index (χ0n) is 11.2. The number of hydrazine groups is 1. The molecule has 3 nitrogen and oxygen atoms in total. The standard InChI is InChI=1S/C15H19N2OP/c1-13(2)17(16)19(18,14-9-5-3-6-10-14)15-11-7-4-8-12-15/h3-13H,16H2,1-2H3. The molecular weight excluding hydrogens is 255 g/mol. The molecular formula is C15H19N2OP. The van der Waals surface area contributed by atoms with Gasteiger partial charge in [0.2, 0.25) is 7.29 Å². The molecule has 0 aliphatic rings. The van der Waals surface area contributed by atoms with E-state index in [0.29, 0.717) is 0 Å². The zero-order chi connectivity index (χ0) is 13.9. The summed E-state index contributed by atoms with van der Waals surface area (Å²) < 4.78 is 15.0. The average molecular weight is 274 g/mol. The maximum atomic E-state index is 13.6. The third-order valence-electron chi connectivity index (χ3n) is 3.07. The molecule has 0 spiro atoms. The molecule has 0 amide bonds. The number of nitrogens with zero attached hydrogens (tertiary/aromatic N) is 1. The molecule has 0 atom stereocenters. The van der Waals surface area contributed by atoms with E-state index >= 15 is 0 Å². The molecule has 19 heavy (non-hydrogen) atoms.